The van der Waals surface area contributed by atoms with Crippen LogP contribution in [0, 0.1) is 0 Å². The predicted molar refractivity (Wildman–Crippen MR) is 73.1 cm³/mol. The molecule has 1 aromatic rings. The van der Waals surface area contributed by atoms with Crippen molar-refractivity contribution in [2.24, 2.45) is 5.73 Å². The minimum Gasteiger partial charge on any atom is -0.332 e. The first-order chi connectivity index (χ1) is 8.56. The van der Waals surface area contributed by atoms with E-state index in [1.54, 1.807) is 0 Å². The number of amides is 1. The van der Waals surface area contributed by atoms with Crippen molar-refractivity contribution in [1.29, 1.82) is 0 Å². The average molecular weight is 246 g/mol. The summed E-state index contributed by atoms with van der Waals surface area (Å²) in [6.07, 6.45) is 1.43. The number of nitrogens with zero attached hydrogens (tertiary/aromatic N) is 1. The topological polar surface area (TPSA) is 46.3 Å². The lowest BCUT2D eigenvalue weighted by Crippen LogP contribution is -2.38. The van der Waals surface area contributed by atoms with E-state index in [1.165, 1.54) is 11.1 Å². The van der Waals surface area contributed by atoms with E-state index in [0.717, 1.165) is 6.42 Å². The molecule has 3 heteroatoms. The Kier molecular flexibility index (Phi) is 3.71. The number of carbonyl (C=O) groups excluding carboxylic acids is 1. The highest BCUT2D eigenvalue weighted by Gasteiger charge is 2.40. The lowest BCUT2D eigenvalue weighted by molar-refractivity contribution is -0.130. The maximum absolute atomic E-state index is 12.1. The van der Waals surface area contributed by atoms with Crippen molar-refractivity contribution in [3.63, 3.8) is 0 Å². The molecule has 18 heavy (non-hydrogen) atoms. The van der Waals surface area contributed by atoms with Crippen molar-refractivity contribution in [2.45, 2.75) is 51.7 Å². The Bertz CT molecular complexity index is 442. The van der Waals surface area contributed by atoms with Crippen molar-refractivity contribution in [3.8, 4) is 0 Å². The number of hydrogen-bond acceptors (Lipinski definition) is 2. The number of aryl methyl sites for hydroxylation is 1. The smallest absolute Gasteiger partial charge is 0.225 e. The Morgan fingerprint density at radius 2 is 2.06 bits per heavy atom. The van der Waals surface area contributed by atoms with Gasteiger partial charge in [0.25, 0.3) is 0 Å². The molecule has 98 valence electrons. The molecule has 0 aliphatic carbocycles. The Morgan fingerprint density at radius 1 is 1.39 bits per heavy atom. The van der Waals surface area contributed by atoms with Gasteiger partial charge in [-0.05, 0) is 31.4 Å². The third-order valence-corrected chi connectivity index (χ3v) is 3.71. The molecule has 1 aliphatic heterocycles. The van der Waals surface area contributed by atoms with E-state index in [2.05, 4.69) is 32.9 Å². The molecule has 2 atom stereocenters. The average Bonchev–Trinajstić information content (AvgIpc) is 2.64. The molecule has 2 rings (SSSR count). The molecule has 1 amide bonds. The summed E-state index contributed by atoms with van der Waals surface area (Å²) in [5.74, 6) is 0.174. The van der Waals surface area contributed by atoms with Crippen LogP contribution in [0.4, 0.5) is 0 Å². The van der Waals surface area contributed by atoms with Crippen LogP contribution in [0.3, 0.4) is 0 Å². The van der Waals surface area contributed by atoms with Gasteiger partial charge in [-0.2, -0.15) is 0 Å². The minimum atomic E-state index is -0.0902. The molecule has 0 aromatic heterocycles. The van der Waals surface area contributed by atoms with Crippen molar-refractivity contribution in [2.75, 3.05) is 0 Å². The number of likely N-dealkylation sites (tertiary alicyclic amines) is 1. The van der Waals surface area contributed by atoms with Crippen molar-refractivity contribution >= 4 is 5.91 Å². The van der Waals surface area contributed by atoms with Crippen molar-refractivity contribution < 1.29 is 4.79 Å². The molecule has 2 unspecified atom stereocenters. The standard InChI is InChI=1S/C15H22N2O/c1-4-11-7-5-6-8-12(11)15-13(16)9-14(18)17(15)10(2)3/h5-8,10,13,15H,4,9,16H2,1-3H3. The van der Waals surface area contributed by atoms with Crippen LogP contribution in [0.1, 0.15) is 44.4 Å². The fourth-order valence-corrected chi connectivity index (χ4v) is 2.91. The number of hydrogen-bond donors (Lipinski definition) is 1. The predicted octanol–water partition coefficient (Wildman–Crippen LogP) is 2.26. The second-order valence-corrected chi connectivity index (χ2v) is 5.26. The van der Waals surface area contributed by atoms with Gasteiger partial charge in [-0.15, -0.1) is 0 Å². The molecule has 1 fully saturated rings. The van der Waals surface area contributed by atoms with Gasteiger partial charge in [0.2, 0.25) is 5.91 Å². The summed E-state index contributed by atoms with van der Waals surface area (Å²) < 4.78 is 0. The zero-order valence-electron chi connectivity index (χ0n) is 11.4. The molecule has 1 heterocycles. The first kappa shape index (κ1) is 13.1. The van der Waals surface area contributed by atoms with Crippen molar-refractivity contribution in [1.82, 2.24) is 4.90 Å². The summed E-state index contributed by atoms with van der Waals surface area (Å²) in [4.78, 5) is 14.0. The van der Waals surface area contributed by atoms with E-state index in [9.17, 15) is 4.79 Å². The van der Waals surface area contributed by atoms with E-state index >= 15 is 0 Å². The quantitative estimate of drug-likeness (QED) is 0.889. The van der Waals surface area contributed by atoms with Crippen LogP contribution in [0.15, 0.2) is 24.3 Å². The van der Waals surface area contributed by atoms with Crippen LogP contribution in [0.5, 0.6) is 0 Å². The summed E-state index contributed by atoms with van der Waals surface area (Å²) in [5, 5.41) is 0. The lowest BCUT2D eigenvalue weighted by atomic mass is 9.94. The summed E-state index contributed by atoms with van der Waals surface area (Å²) in [5.41, 5.74) is 8.70. The molecule has 3 nitrogen and oxygen atoms in total. The number of benzene rings is 1. The van der Waals surface area contributed by atoms with E-state index in [0.29, 0.717) is 6.42 Å². The monoisotopic (exact) mass is 246 g/mol. The van der Waals surface area contributed by atoms with E-state index in [-0.39, 0.29) is 24.0 Å². The van der Waals surface area contributed by atoms with Crippen LogP contribution in [0.25, 0.3) is 0 Å². The zero-order chi connectivity index (χ0) is 13.3. The Morgan fingerprint density at radius 3 is 2.67 bits per heavy atom. The second-order valence-electron chi connectivity index (χ2n) is 5.26. The van der Waals surface area contributed by atoms with Gasteiger partial charge in [-0.3, -0.25) is 4.79 Å². The largest absolute Gasteiger partial charge is 0.332 e. The van der Waals surface area contributed by atoms with Gasteiger partial charge in [0, 0.05) is 18.5 Å². The first-order valence-electron chi connectivity index (χ1n) is 6.70. The van der Waals surface area contributed by atoms with Crippen LogP contribution >= 0.6 is 0 Å². The Balaban J connectivity index is 2.43. The molecule has 1 aromatic carbocycles. The highest BCUT2D eigenvalue weighted by Crippen LogP contribution is 2.35. The molecule has 0 bridgehead atoms. The minimum absolute atomic E-state index is 0.0358. The van der Waals surface area contributed by atoms with E-state index in [1.807, 2.05) is 17.0 Å². The molecule has 1 saturated heterocycles. The van der Waals surface area contributed by atoms with Gasteiger partial charge in [0.05, 0.1) is 6.04 Å². The number of nitrogens with two attached hydrogens (primary N) is 1. The van der Waals surface area contributed by atoms with Crippen LogP contribution < -0.4 is 5.73 Å². The highest BCUT2D eigenvalue weighted by molar-refractivity contribution is 5.80. The van der Waals surface area contributed by atoms with Gasteiger partial charge < -0.3 is 10.6 Å². The number of carbonyl (C=O) groups is 1. The summed E-state index contributed by atoms with van der Waals surface area (Å²) in [6, 6.07) is 8.45. The molecule has 0 radical (unpaired) electrons. The van der Waals surface area contributed by atoms with Gasteiger partial charge >= 0.3 is 0 Å². The maximum Gasteiger partial charge on any atom is 0.225 e. The highest BCUT2D eigenvalue weighted by atomic mass is 16.2. The normalized spacial score (nSPS) is 24.1. The third kappa shape index (κ3) is 2.15. The van der Waals surface area contributed by atoms with Crippen LogP contribution in [0.2, 0.25) is 0 Å². The summed E-state index contributed by atoms with van der Waals surface area (Å²) in [7, 11) is 0. The molecular formula is C15H22N2O. The Hall–Kier alpha value is -1.35. The molecule has 0 spiro atoms. The van der Waals surface area contributed by atoms with Gasteiger partial charge in [0.15, 0.2) is 0 Å². The van der Waals surface area contributed by atoms with E-state index in [4.69, 9.17) is 5.73 Å². The third-order valence-electron chi connectivity index (χ3n) is 3.71. The molecule has 0 saturated carbocycles. The van der Waals surface area contributed by atoms with Gasteiger partial charge in [-0.1, -0.05) is 31.2 Å². The maximum atomic E-state index is 12.1. The molecular weight excluding hydrogens is 224 g/mol. The van der Waals surface area contributed by atoms with Gasteiger partial charge in [-0.25, -0.2) is 0 Å². The summed E-state index contributed by atoms with van der Waals surface area (Å²) in [6.45, 7) is 6.25. The van der Waals surface area contributed by atoms with Crippen LogP contribution in [-0.4, -0.2) is 22.9 Å². The van der Waals surface area contributed by atoms with E-state index < -0.39 is 0 Å². The SMILES string of the molecule is CCc1ccccc1C1C(N)CC(=O)N1C(C)C. The molecule has 1 aliphatic rings. The number of rotatable bonds is 3. The fraction of sp³-hybridized carbons (Fsp3) is 0.533. The van der Waals surface area contributed by atoms with Crippen molar-refractivity contribution in [3.05, 3.63) is 35.4 Å². The lowest BCUT2D eigenvalue weighted by Gasteiger charge is -2.32. The summed E-state index contributed by atoms with van der Waals surface area (Å²) >= 11 is 0. The Labute approximate surface area is 109 Å². The fourth-order valence-electron chi connectivity index (χ4n) is 2.91. The second kappa shape index (κ2) is 5.11. The van der Waals surface area contributed by atoms with Crippen LogP contribution in [-0.2, 0) is 11.2 Å². The zero-order valence-corrected chi connectivity index (χ0v) is 11.4. The first-order valence-corrected chi connectivity index (χ1v) is 6.70. The molecule has 2 N–H and O–H groups in total. The van der Waals surface area contributed by atoms with Gasteiger partial charge in [0.1, 0.15) is 0 Å².